The lowest BCUT2D eigenvalue weighted by Crippen LogP contribution is -2.31. The number of carbonyl (C=O) groups is 2. The van der Waals surface area contributed by atoms with E-state index in [9.17, 15) is 9.59 Å². The summed E-state index contributed by atoms with van der Waals surface area (Å²) in [5.41, 5.74) is 3.43. The summed E-state index contributed by atoms with van der Waals surface area (Å²) in [6.45, 7) is 4.12. The first-order valence-electron chi connectivity index (χ1n) is 10.2. The van der Waals surface area contributed by atoms with Gasteiger partial charge in [0.15, 0.2) is 11.5 Å². The number of ketones is 1. The summed E-state index contributed by atoms with van der Waals surface area (Å²) in [7, 11) is 2.81. The predicted molar refractivity (Wildman–Crippen MR) is 126 cm³/mol. The van der Waals surface area contributed by atoms with Crippen LogP contribution in [0.1, 0.15) is 48.7 Å². The lowest BCUT2D eigenvalue weighted by molar-refractivity contribution is -0.118. The molecule has 0 spiro atoms. The minimum atomic E-state index is -0.512. The molecule has 0 fully saturated rings. The van der Waals surface area contributed by atoms with Crippen LogP contribution in [0, 0.1) is 5.41 Å². The molecule has 0 bridgehead atoms. The Balaban J connectivity index is 1.95. The maximum atomic E-state index is 13.4. The average Bonchev–Trinajstić information content (AvgIpc) is 2.88. The molecule has 8 heteroatoms. The van der Waals surface area contributed by atoms with Crippen molar-refractivity contribution in [2.45, 2.75) is 32.7 Å². The van der Waals surface area contributed by atoms with E-state index < -0.39 is 12.0 Å². The van der Waals surface area contributed by atoms with Crippen molar-refractivity contribution in [3.63, 3.8) is 0 Å². The maximum Gasteiger partial charge on any atom is 0.341 e. The number of allylic oxidation sites excluding steroid dienone is 1. The van der Waals surface area contributed by atoms with E-state index in [2.05, 4.69) is 24.5 Å². The fourth-order valence-electron chi connectivity index (χ4n) is 4.44. The van der Waals surface area contributed by atoms with E-state index in [1.807, 2.05) is 6.07 Å². The van der Waals surface area contributed by atoms with E-state index in [1.54, 1.807) is 24.3 Å². The Morgan fingerprint density at radius 1 is 1.12 bits per heavy atom. The lowest BCUT2D eigenvalue weighted by atomic mass is 9.73. The molecule has 1 unspecified atom stereocenters. The number of hydrogen-bond acceptors (Lipinski definition) is 6. The van der Waals surface area contributed by atoms with Gasteiger partial charge in [0, 0.05) is 27.7 Å². The molecule has 0 amide bonds. The highest BCUT2D eigenvalue weighted by atomic mass is 35.5. The third-order valence-electron chi connectivity index (χ3n) is 5.82. The van der Waals surface area contributed by atoms with Gasteiger partial charge in [-0.2, -0.15) is 0 Å². The number of rotatable bonds is 3. The fraction of sp³-hybridized carbons (Fsp3) is 0.333. The van der Waals surface area contributed by atoms with Gasteiger partial charge in [-0.25, -0.2) is 4.79 Å². The monoisotopic (exact) mass is 474 g/mol. The Labute approximate surface area is 196 Å². The van der Waals surface area contributed by atoms with Gasteiger partial charge in [0.05, 0.1) is 25.9 Å². The highest BCUT2D eigenvalue weighted by Crippen LogP contribution is 2.49. The molecule has 32 heavy (non-hydrogen) atoms. The molecule has 0 saturated heterocycles. The highest BCUT2D eigenvalue weighted by molar-refractivity contribution is 6.35. The van der Waals surface area contributed by atoms with E-state index in [1.165, 1.54) is 14.2 Å². The highest BCUT2D eigenvalue weighted by Gasteiger charge is 2.40. The molecular formula is C24H24Cl2N2O4. The summed E-state index contributed by atoms with van der Waals surface area (Å²) >= 11 is 12.7. The standard InChI is InChI=1S/C24H24Cl2N2O4/c1-24(2)10-17-19(18(29)11-24)20(13-6-5-12(25)9-15(13)26)27-16-8-7-14(23(30)32-4)22(31-3)21(16)28-17/h5-9,20,27-28H,10-11H2,1-4H3. The number of halogens is 2. The predicted octanol–water partition coefficient (Wildman–Crippen LogP) is 6.01. The zero-order chi connectivity index (χ0) is 23.2. The molecule has 1 aliphatic heterocycles. The van der Waals surface area contributed by atoms with Gasteiger partial charge in [-0.3, -0.25) is 4.79 Å². The normalized spacial score (nSPS) is 19.2. The topological polar surface area (TPSA) is 76.7 Å². The van der Waals surface area contributed by atoms with E-state index in [4.69, 9.17) is 32.7 Å². The van der Waals surface area contributed by atoms with Crippen molar-refractivity contribution < 1.29 is 19.1 Å². The number of fused-ring (bicyclic) bond motifs is 1. The number of ether oxygens (including phenoxy) is 2. The summed E-state index contributed by atoms with van der Waals surface area (Å²) in [5, 5.41) is 7.84. The molecule has 1 heterocycles. The van der Waals surface area contributed by atoms with Crippen molar-refractivity contribution in [2.24, 2.45) is 5.41 Å². The van der Waals surface area contributed by atoms with Crippen LogP contribution in [-0.2, 0) is 9.53 Å². The Hall–Kier alpha value is -2.70. The van der Waals surface area contributed by atoms with Gasteiger partial charge in [-0.1, -0.05) is 43.1 Å². The van der Waals surface area contributed by atoms with Gasteiger partial charge < -0.3 is 20.1 Å². The van der Waals surface area contributed by atoms with Crippen LogP contribution in [0.5, 0.6) is 5.75 Å². The van der Waals surface area contributed by atoms with E-state index in [0.29, 0.717) is 45.6 Å². The van der Waals surface area contributed by atoms with E-state index >= 15 is 0 Å². The molecule has 1 atom stereocenters. The molecular weight excluding hydrogens is 451 g/mol. The van der Waals surface area contributed by atoms with Gasteiger partial charge in [0.2, 0.25) is 0 Å². The van der Waals surface area contributed by atoms with Gasteiger partial charge in [0.1, 0.15) is 11.3 Å². The fourth-order valence-corrected chi connectivity index (χ4v) is 4.96. The van der Waals surface area contributed by atoms with Gasteiger partial charge in [-0.05, 0) is 41.7 Å². The molecule has 0 saturated carbocycles. The summed E-state index contributed by atoms with van der Waals surface area (Å²) < 4.78 is 10.5. The maximum absolute atomic E-state index is 13.4. The van der Waals surface area contributed by atoms with Crippen molar-refractivity contribution in [3.05, 3.63) is 62.8 Å². The molecule has 0 radical (unpaired) electrons. The number of carbonyl (C=O) groups excluding carboxylic acids is 2. The molecule has 2 aromatic carbocycles. The number of anilines is 2. The molecule has 6 nitrogen and oxygen atoms in total. The summed E-state index contributed by atoms with van der Waals surface area (Å²) in [6, 6.07) is 8.14. The Morgan fingerprint density at radius 3 is 2.53 bits per heavy atom. The number of methoxy groups -OCH3 is 2. The molecule has 2 aromatic rings. The van der Waals surface area contributed by atoms with Gasteiger partial charge in [-0.15, -0.1) is 0 Å². The Bertz CT molecular complexity index is 1160. The van der Waals surface area contributed by atoms with Crippen LogP contribution in [0.2, 0.25) is 10.0 Å². The number of benzene rings is 2. The first kappa shape index (κ1) is 22.5. The third-order valence-corrected chi connectivity index (χ3v) is 6.39. The SMILES string of the molecule is COC(=O)c1ccc2c(c1OC)NC1=C(C(=O)CC(C)(C)C1)C(c1ccc(Cl)cc1Cl)N2. The minimum Gasteiger partial charge on any atom is -0.494 e. The third kappa shape index (κ3) is 3.93. The smallest absolute Gasteiger partial charge is 0.341 e. The van der Waals surface area contributed by atoms with Crippen LogP contribution in [0.15, 0.2) is 41.6 Å². The molecule has 2 aliphatic rings. The quantitative estimate of drug-likeness (QED) is 0.530. The second kappa shape index (κ2) is 8.34. The van der Waals surface area contributed by atoms with Crippen LogP contribution in [0.3, 0.4) is 0 Å². The second-order valence-corrected chi connectivity index (χ2v) is 9.61. The number of Topliss-reactive ketones (excluding diaryl/α,β-unsaturated/α-hetero) is 1. The minimum absolute atomic E-state index is 0.0345. The van der Waals surface area contributed by atoms with E-state index in [-0.39, 0.29) is 16.8 Å². The molecule has 4 rings (SSSR count). The van der Waals surface area contributed by atoms with Crippen molar-refractivity contribution >= 4 is 46.3 Å². The van der Waals surface area contributed by atoms with Crippen molar-refractivity contribution in [3.8, 4) is 5.75 Å². The number of nitrogens with one attached hydrogen (secondary N) is 2. The van der Waals surface area contributed by atoms with Crippen molar-refractivity contribution in [2.75, 3.05) is 24.9 Å². The zero-order valence-electron chi connectivity index (χ0n) is 18.3. The lowest BCUT2D eigenvalue weighted by Gasteiger charge is -2.34. The summed E-state index contributed by atoms with van der Waals surface area (Å²) in [4.78, 5) is 25.7. The Morgan fingerprint density at radius 2 is 1.88 bits per heavy atom. The van der Waals surface area contributed by atoms with Crippen LogP contribution >= 0.6 is 23.2 Å². The molecule has 1 aliphatic carbocycles. The zero-order valence-corrected chi connectivity index (χ0v) is 19.8. The Kier molecular flexibility index (Phi) is 5.86. The number of esters is 1. The first-order valence-corrected chi connectivity index (χ1v) is 10.9. The van der Waals surface area contributed by atoms with Crippen molar-refractivity contribution in [1.29, 1.82) is 0 Å². The van der Waals surface area contributed by atoms with Crippen LogP contribution < -0.4 is 15.4 Å². The van der Waals surface area contributed by atoms with Gasteiger partial charge in [0.25, 0.3) is 0 Å². The first-order chi connectivity index (χ1) is 15.1. The molecule has 2 N–H and O–H groups in total. The largest absolute Gasteiger partial charge is 0.494 e. The number of hydrogen-bond donors (Lipinski definition) is 2. The second-order valence-electron chi connectivity index (χ2n) is 8.76. The summed E-state index contributed by atoms with van der Waals surface area (Å²) in [6.07, 6.45) is 1.06. The van der Waals surface area contributed by atoms with Crippen LogP contribution in [-0.4, -0.2) is 26.0 Å². The molecule has 168 valence electrons. The average molecular weight is 475 g/mol. The van der Waals surface area contributed by atoms with E-state index in [0.717, 1.165) is 11.3 Å². The van der Waals surface area contributed by atoms with Crippen LogP contribution in [0.25, 0.3) is 0 Å². The molecule has 0 aromatic heterocycles. The van der Waals surface area contributed by atoms with Crippen molar-refractivity contribution in [1.82, 2.24) is 0 Å². The van der Waals surface area contributed by atoms with Gasteiger partial charge >= 0.3 is 5.97 Å². The summed E-state index contributed by atoms with van der Waals surface area (Å²) in [5.74, 6) is -0.137. The van der Waals surface area contributed by atoms with Crippen LogP contribution in [0.4, 0.5) is 11.4 Å².